The first-order valence-electron chi connectivity index (χ1n) is 14.8. The largest absolute Gasteiger partial charge is 0.308 e. The summed E-state index contributed by atoms with van der Waals surface area (Å²) in [5.74, 6) is 0. The van der Waals surface area contributed by atoms with Gasteiger partial charge in [0, 0.05) is 29.1 Å². The highest BCUT2D eigenvalue weighted by molar-refractivity contribution is 6.10. The molecule has 1 N–H and O–H groups in total. The Kier molecular flexibility index (Phi) is 8.95. The van der Waals surface area contributed by atoms with Gasteiger partial charge in [0.05, 0.1) is 22.5 Å². The van der Waals surface area contributed by atoms with Crippen molar-refractivity contribution in [2.24, 2.45) is 4.99 Å². The second-order valence-electron chi connectivity index (χ2n) is 10.1. The first-order chi connectivity index (χ1) is 20.7. The predicted molar refractivity (Wildman–Crippen MR) is 181 cm³/mol. The van der Waals surface area contributed by atoms with E-state index in [1.165, 1.54) is 44.9 Å². The SMILES string of the molecule is C/C=C(\C=N)C1=Cc2c#cc3c4ccccc4n(-c4cccc(-c5ccccc5)c4)c3c2CC1.CC.CC1C=CC=N1. The van der Waals surface area contributed by atoms with Crippen molar-refractivity contribution in [3.8, 4) is 16.8 Å². The van der Waals surface area contributed by atoms with Crippen molar-refractivity contribution in [1.29, 1.82) is 5.41 Å². The molecule has 0 saturated heterocycles. The summed E-state index contributed by atoms with van der Waals surface area (Å²) >= 11 is 0. The van der Waals surface area contributed by atoms with Crippen molar-refractivity contribution in [2.75, 3.05) is 0 Å². The summed E-state index contributed by atoms with van der Waals surface area (Å²) in [5.41, 5.74) is 10.5. The molecule has 0 saturated carbocycles. The number of hydrogen-bond acceptors (Lipinski definition) is 2. The third-order valence-electron chi connectivity index (χ3n) is 7.62. The molecule has 42 heavy (non-hydrogen) atoms. The number of hydrogen-bond donors (Lipinski definition) is 1. The van der Waals surface area contributed by atoms with Crippen LogP contribution in [0.25, 0.3) is 44.7 Å². The van der Waals surface area contributed by atoms with Crippen LogP contribution in [0.2, 0.25) is 0 Å². The molecule has 0 radical (unpaired) electrons. The van der Waals surface area contributed by atoms with Crippen molar-refractivity contribution < 1.29 is 0 Å². The first kappa shape index (κ1) is 28.6. The molecule has 5 aromatic rings. The lowest BCUT2D eigenvalue weighted by molar-refractivity contribution is 0.945. The van der Waals surface area contributed by atoms with E-state index < -0.39 is 0 Å². The van der Waals surface area contributed by atoms with Crippen LogP contribution in [0.1, 0.15) is 45.2 Å². The van der Waals surface area contributed by atoms with E-state index in [-0.39, 0.29) is 0 Å². The van der Waals surface area contributed by atoms with Gasteiger partial charge in [0.1, 0.15) is 0 Å². The van der Waals surface area contributed by atoms with Gasteiger partial charge in [0.25, 0.3) is 0 Å². The average molecular weight is 548 g/mol. The van der Waals surface area contributed by atoms with E-state index in [1.54, 1.807) is 0 Å². The quantitative estimate of drug-likeness (QED) is 0.218. The number of nitrogens with zero attached hydrogens (tertiary/aromatic N) is 2. The summed E-state index contributed by atoms with van der Waals surface area (Å²) in [6, 6.07) is 35.3. The minimum absolute atomic E-state index is 0.435. The molecule has 0 bridgehead atoms. The molecule has 3 heteroatoms. The van der Waals surface area contributed by atoms with Crippen LogP contribution in [-0.2, 0) is 6.42 Å². The number of aryl methyl sites for hydroxylation is 1. The lowest BCUT2D eigenvalue weighted by Gasteiger charge is -2.18. The number of aromatic nitrogens is 1. The summed E-state index contributed by atoms with van der Waals surface area (Å²) in [7, 11) is 0. The van der Waals surface area contributed by atoms with Gasteiger partial charge in [0.2, 0.25) is 0 Å². The molecule has 3 nitrogen and oxygen atoms in total. The molecular weight excluding hydrogens is 510 g/mol. The van der Waals surface area contributed by atoms with Crippen LogP contribution < -0.4 is 0 Å². The van der Waals surface area contributed by atoms with Crippen LogP contribution in [0.5, 0.6) is 0 Å². The topological polar surface area (TPSA) is 41.1 Å². The molecule has 2 heterocycles. The lowest BCUT2D eigenvalue weighted by atomic mass is 9.88. The molecule has 0 spiro atoms. The third-order valence-corrected chi connectivity index (χ3v) is 7.62. The Hall–Kier alpha value is -4.94. The minimum atomic E-state index is 0.435. The van der Waals surface area contributed by atoms with E-state index in [4.69, 9.17) is 5.41 Å². The van der Waals surface area contributed by atoms with Gasteiger partial charge in [-0.25, -0.2) is 0 Å². The predicted octanol–water partition coefficient (Wildman–Crippen LogP) is 10.0. The molecule has 1 aromatic heterocycles. The standard InChI is InChI=1S/C32H24N2.C5H7N.C2H6/c1-2-22(21-33)25-15-17-28-26(19-25)16-18-30-29-13-6-7-14-31(29)34(32(28)30)27-12-8-11-24(20-27)23-9-4-3-5-10-23;1-5-3-2-4-6-5;1-2/h2-14,19-21,33H,15,17H2,1H3;2-5H,1H3;1-2H3/b22-2+,33-21?;;. The Bertz CT molecular complexity index is 1820. The molecular formula is C39H37N3. The fourth-order valence-electron chi connectivity index (χ4n) is 5.63. The first-order valence-corrected chi connectivity index (χ1v) is 14.8. The van der Waals surface area contributed by atoms with Gasteiger partial charge in [-0.05, 0) is 84.9 Å². The Morgan fingerprint density at radius 2 is 1.69 bits per heavy atom. The highest BCUT2D eigenvalue weighted by Crippen LogP contribution is 2.38. The minimum Gasteiger partial charge on any atom is -0.308 e. The van der Waals surface area contributed by atoms with Crippen molar-refractivity contribution in [2.45, 2.75) is 46.6 Å². The second-order valence-corrected chi connectivity index (χ2v) is 10.1. The maximum atomic E-state index is 7.77. The van der Waals surface area contributed by atoms with Gasteiger partial charge in [-0.3, -0.25) is 4.99 Å². The highest BCUT2D eigenvalue weighted by atomic mass is 15.0. The van der Waals surface area contributed by atoms with E-state index in [0.29, 0.717) is 6.04 Å². The van der Waals surface area contributed by atoms with Crippen LogP contribution in [0.3, 0.4) is 0 Å². The van der Waals surface area contributed by atoms with Gasteiger partial charge in [-0.1, -0.05) is 98.8 Å². The molecule has 7 rings (SSSR count). The van der Waals surface area contributed by atoms with Crippen molar-refractivity contribution in [3.63, 3.8) is 0 Å². The summed E-state index contributed by atoms with van der Waals surface area (Å²) in [5, 5.41) is 10.1. The number of aliphatic imine (C=N–C) groups is 1. The number of allylic oxidation sites excluding steroid dienone is 4. The second kappa shape index (κ2) is 13.1. The van der Waals surface area contributed by atoms with Crippen LogP contribution >= 0.6 is 0 Å². The molecule has 1 unspecified atom stereocenters. The maximum Gasteiger partial charge on any atom is 0.0670 e. The zero-order valence-corrected chi connectivity index (χ0v) is 24.9. The van der Waals surface area contributed by atoms with Gasteiger partial charge >= 0.3 is 0 Å². The molecule has 0 amide bonds. The van der Waals surface area contributed by atoms with Gasteiger partial charge in [-0.2, -0.15) is 0 Å². The Balaban J connectivity index is 0.000000388. The third kappa shape index (κ3) is 5.62. The Morgan fingerprint density at radius 3 is 2.38 bits per heavy atom. The van der Waals surface area contributed by atoms with Crippen molar-refractivity contribution in [3.05, 3.63) is 131 Å². The highest BCUT2D eigenvalue weighted by Gasteiger charge is 2.21. The zero-order chi connectivity index (χ0) is 29.5. The summed E-state index contributed by atoms with van der Waals surface area (Å²) in [6.07, 6.45) is 13.3. The molecule has 2 aliphatic rings. The normalized spacial score (nSPS) is 15.2. The molecule has 0 fully saturated rings. The van der Waals surface area contributed by atoms with Gasteiger partial charge < -0.3 is 9.98 Å². The van der Waals surface area contributed by atoms with E-state index in [9.17, 15) is 0 Å². The monoisotopic (exact) mass is 547 g/mol. The fraction of sp³-hybridized carbons (Fsp3) is 0.179. The molecule has 208 valence electrons. The van der Waals surface area contributed by atoms with Gasteiger partial charge in [0.15, 0.2) is 0 Å². The van der Waals surface area contributed by atoms with E-state index >= 15 is 0 Å². The number of rotatable bonds is 4. The fourth-order valence-corrected chi connectivity index (χ4v) is 5.63. The smallest absolute Gasteiger partial charge is 0.0670 e. The molecule has 4 aromatic carbocycles. The summed E-state index contributed by atoms with van der Waals surface area (Å²) < 4.78 is 2.40. The summed E-state index contributed by atoms with van der Waals surface area (Å²) in [6.45, 7) is 8.05. The molecule has 1 aliphatic heterocycles. The van der Waals surface area contributed by atoms with E-state index in [1.807, 2.05) is 39.1 Å². The van der Waals surface area contributed by atoms with Crippen LogP contribution in [0.15, 0.2) is 113 Å². The van der Waals surface area contributed by atoms with Crippen molar-refractivity contribution >= 4 is 40.3 Å². The van der Waals surface area contributed by atoms with Crippen LogP contribution in [-0.4, -0.2) is 23.0 Å². The lowest BCUT2D eigenvalue weighted by Crippen LogP contribution is -2.05. The van der Waals surface area contributed by atoms with Crippen molar-refractivity contribution in [1.82, 2.24) is 4.57 Å². The Labute approximate surface area is 249 Å². The average Bonchev–Trinajstić information content (AvgIpc) is 3.68. The zero-order valence-electron chi connectivity index (χ0n) is 24.9. The van der Waals surface area contributed by atoms with E-state index in [0.717, 1.165) is 35.1 Å². The molecule has 1 aliphatic carbocycles. The van der Waals surface area contributed by atoms with Crippen LogP contribution in [0, 0.1) is 17.5 Å². The number of fused-ring (bicyclic) bond motifs is 5. The van der Waals surface area contributed by atoms with Gasteiger partial charge in [-0.15, -0.1) is 0 Å². The van der Waals surface area contributed by atoms with E-state index in [2.05, 4.69) is 120 Å². The maximum absolute atomic E-state index is 7.77. The molecule has 1 atom stereocenters. The number of nitrogens with one attached hydrogen (secondary N) is 1. The van der Waals surface area contributed by atoms with Crippen LogP contribution in [0.4, 0.5) is 0 Å². The Morgan fingerprint density at radius 1 is 0.929 bits per heavy atom. The number of benzene rings is 3. The number of para-hydroxylation sites is 1. The summed E-state index contributed by atoms with van der Waals surface area (Å²) in [4.78, 5) is 4.00.